The fourth-order valence-electron chi connectivity index (χ4n) is 2.99. The highest BCUT2D eigenvalue weighted by Gasteiger charge is 2.24. The Kier molecular flexibility index (Phi) is 5.82. The van der Waals surface area contributed by atoms with Crippen LogP contribution in [0, 0.1) is 20.8 Å². The van der Waals surface area contributed by atoms with E-state index in [0.717, 1.165) is 29.1 Å². The third-order valence-corrected chi connectivity index (χ3v) is 4.85. The Morgan fingerprint density at radius 3 is 2.57 bits per heavy atom. The standard InChI is InChI=1S/C21H26N4O3/c1-6-25-15(3)17(11-22-25)12-24(5)21(26)20-19(16(4)28-23-20)13-27-18-9-7-14(2)8-10-18/h7-11H,6,12-13H2,1-5H3. The number of amides is 1. The average molecular weight is 382 g/mol. The van der Waals surface area contributed by atoms with Crippen LogP contribution in [-0.2, 0) is 19.7 Å². The molecule has 0 unspecified atom stereocenters. The highest BCUT2D eigenvalue weighted by molar-refractivity contribution is 5.93. The van der Waals surface area contributed by atoms with Gasteiger partial charge in [-0.25, -0.2) is 0 Å². The summed E-state index contributed by atoms with van der Waals surface area (Å²) in [7, 11) is 1.75. The number of aromatic nitrogens is 3. The second-order valence-electron chi connectivity index (χ2n) is 6.90. The van der Waals surface area contributed by atoms with Crippen LogP contribution in [0.25, 0.3) is 0 Å². The van der Waals surface area contributed by atoms with Gasteiger partial charge in [0.1, 0.15) is 18.1 Å². The molecule has 28 heavy (non-hydrogen) atoms. The Labute approximate surface area is 164 Å². The lowest BCUT2D eigenvalue weighted by Crippen LogP contribution is -2.27. The molecule has 0 N–H and O–H groups in total. The van der Waals surface area contributed by atoms with E-state index in [1.807, 2.05) is 49.7 Å². The van der Waals surface area contributed by atoms with Crippen LogP contribution in [-0.4, -0.2) is 32.8 Å². The summed E-state index contributed by atoms with van der Waals surface area (Å²) in [6, 6.07) is 7.77. The van der Waals surface area contributed by atoms with Crippen molar-refractivity contribution in [3.05, 3.63) is 64.3 Å². The summed E-state index contributed by atoms with van der Waals surface area (Å²) in [5.41, 5.74) is 4.18. The number of hydrogen-bond acceptors (Lipinski definition) is 5. The lowest BCUT2D eigenvalue weighted by atomic mass is 10.1. The first-order valence-corrected chi connectivity index (χ1v) is 9.32. The fraction of sp³-hybridized carbons (Fsp3) is 0.381. The molecule has 1 aromatic carbocycles. The Bertz CT molecular complexity index is 957. The average Bonchev–Trinajstić information content (AvgIpc) is 3.23. The molecule has 3 rings (SSSR count). The number of benzene rings is 1. The van der Waals surface area contributed by atoms with Crippen molar-refractivity contribution >= 4 is 5.91 Å². The first-order chi connectivity index (χ1) is 13.4. The van der Waals surface area contributed by atoms with Gasteiger partial charge in [0.2, 0.25) is 0 Å². The second kappa shape index (κ2) is 8.29. The summed E-state index contributed by atoms with van der Waals surface area (Å²) in [5, 5.41) is 8.32. The molecule has 7 nitrogen and oxygen atoms in total. The van der Waals surface area contributed by atoms with Crippen LogP contribution in [0.3, 0.4) is 0 Å². The molecule has 2 aromatic heterocycles. The lowest BCUT2D eigenvalue weighted by molar-refractivity contribution is 0.0772. The second-order valence-corrected chi connectivity index (χ2v) is 6.90. The van der Waals surface area contributed by atoms with E-state index in [9.17, 15) is 4.79 Å². The van der Waals surface area contributed by atoms with E-state index in [2.05, 4.69) is 10.3 Å². The molecule has 0 radical (unpaired) electrons. The van der Waals surface area contributed by atoms with Crippen LogP contribution >= 0.6 is 0 Å². The lowest BCUT2D eigenvalue weighted by Gasteiger charge is -2.16. The minimum atomic E-state index is -0.206. The van der Waals surface area contributed by atoms with Gasteiger partial charge >= 0.3 is 0 Å². The van der Waals surface area contributed by atoms with Gasteiger partial charge < -0.3 is 14.2 Å². The summed E-state index contributed by atoms with van der Waals surface area (Å²) >= 11 is 0. The normalized spacial score (nSPS) is 10.9. The maximum Gasteiger partial charge on any atom is 0.276 e. The van der Waals surface area contributed by atoms with Crippen LogP contribution in [0.1, 0.15) is 45.6 Å². The summed E-state index contributed by atoms with van der Waals surface area (Å²) in [5.74, 6) is 1.11. The van der Waals surface area contributed by atoms with Gasteiger partial charge in [0, 0.05) is 31.4 Å². The number of aryl methyl sites for hydroxylation is 3. The van der Waals surface area contributed by atoms with Crippen molar-refractivity contribution in [3.8, 4) is 5.75 Å². The minimum Gasteiger partial charge on any atom is -0.489 e. The maximum atomic E-state index is 12.9. The SMILES string of the molecule is CCn1ncc(CN(C)C(=O)c2noc(C)c2COc2ccc(C)cc2)c1C. The van der Waals surface area contributed by atoms with E-state index in [1.54, 1.807) is 25.1 Å². The van der Waals surface area contributed by atoms with Gasteiger partial charge in [-0.1, -0.05) is 22.9 Å². The number of rotatable bonds is 7. The molecule has 0 saturated heterocycles. The first kappa shape index (κ1) is 19.7. The van der Waals surface area contributed by atoms with Crippen LogP contribution < -0.4 is 4.74 Å². The van der Waals surface area contributed by atoms with Crippen LogP contribution in [0.5, 0.6) is 5.75 Å². The van der Waals surface area contributed by atoms with Gasteiger partial charge in [0.25, 0.3) is 5.91 Å². The van der Waals surface area contributed by atoms with E-state index in [-0.39, 0.29) is 18.2 Å². The predicted octanol–water partition coefficient (Wildman–Crippen LogP) is 3.67. The predicted molar refractivity (Wildman–Crippen MR) is 105 cm³/mol. The van der Waals surface area contributed by atoms with E-state index in [0.29, 0.717) is 17.9 Å². The van der Waals surface area contributed by atoms with Crippen molar-refractivity contribution in [1.29, 1.82) is 0 Å². The molecule has 7 heteroatoms. The smallest absolute Gasteiger partial charge is 0.276 e. The summed E-state index contributed by atoms with van der Waals surface area (Å²) < 4.78 is 13.0. The van der Waals surface area contributed by atoms with E-state index in [4.69, 9.17) is 9.26 Å². The number of hydrogen-bond donors (Lipinski definition) is 0. The molecule has 2 heterocycles. The summed E-state index contributed by atoms with van der Waals surface area (Å²) in [6.07, 6.45) is 1.80. The number of carbonyl (C=O) groups excluding carboxylic acids is 1. The van der Waals surface area contributed by atoms with Crippen LogP contribution in [0.2, 0.25) is 0 Å². The molecule has 148 valence electrons. The Hall–Kier alpha value is -3.09. The number of nitrogens with zero attached hydrogens (tertiary/aromatic N) is 4. The van der Waals surface area contributed by atoms with Gasteiger partial charge in [-0.05, 0) is 39.8 Å². The molecule has 0 spiro atoms. The number of carbonyl (C=O) groups is 1. The van der Waals surface area contributed by atoms with Gasteiger partial charge in [-0.2, -0.15) is 5.10 Å². The fourth-order valence-corrected chi connectivity index (χ4v) is 2.99. The molecule has 0 fully saturated rings. The van der Waals surface area contributed by atoms with E-state index in [1.165, 1.54) is 0 Å². The maximum absolute atomic E-state index is 12.9. The van der Waals surface area contributed by atoms with Crippen molar-refractivity contribution in [1.82, 2.24) is 19.8 Å². The van der Waals surface area contributed by atoms with Crippen LogP contribution in [0.4, 0.5) is 0 Å². The summed E-state index contributed by atoms with van der Waals surface area (Å²) in [6.45, 7) is 9.32. The Morgan fingerprint density at radius 1 is 1.21 bits per heavy atom. The largest absolute Gasteiger partial charge is 0.489 e. The van der Waals surface area contributed by atoms with Gasteiger partial charge in [0.15, 0.2) is 5.69 Å². The van der Waals surface area contributed by atoms with Gasteiger partial charge in [-0.3, -0.25) is 9.48 Å². The molecule has 0 aliphatic carbocycles. The topological polar surface area (TPSA) is 73.4 Å². The minimum absolute atomic E-state index is 0.206. The molecular weight excluding hydrogens is 356 g/mol. The molecule has 1 amide bonds. The molecule has 0 atom stereocenters. The van der Waals surface area contributed by atoms with Crippen molar-refractivity contribution in [2.45, 2.75) is 47.4 Å². The quantitative estimate of drug-likeness (QED) is 0.623. The molecule has 3 aromatic rings. The zero-order valence-electron chi connectivity index (χ0n) is 17.0. The van der Waals surface area contributed by atoms with Gasteiger partial charge in [-0.15, -0.1) is 0 Å². The molecule has 0 saturated carbocycles. The Balaban J connectivity index is 1.72. The highest BCUT2D eigenvalue weighted by atomic mass is 16.5. The third kappa shape index (κ3) is 4.08. The molecule has 0 aliphatic rings. The number of ether oxygens (including phenoxy) is 1. The van der Waals surface area contributed by atoms with E-state index < -0.39 is 0 Å². The van der Waals surface area contributed by atoms with Gasteiger partial charge in [0.05, 0.1) is 11.8 Å². The monoisotopic (exact) mass is 382 g/mol. The van der Waals surface area contributed by atoms with Crippen molar-refractivity contribution in [3.63, 3.8) is 0 Å². The highest BCUT2D eigenvalue weighted by Crippen LogP contribution is 2.20. The Morgan fingerprint density at radius 2 is 1.93 bits per heavy atom. The van der Waals surface area contributed by atoms with E-state index >= 15 is 0 Å². The third-order valence-electron chi connectivity index (χ3n) is 4.85. The molecule has 0 aliphatic heterocycles. The zero-order valence-corrected chi connectivity index (χ0v) is 17.0. The summed E-state index contributed by atoms with van der Waals surface area (Å²) in [4.78, 5) is 14.6. The van der Waals surface area contributed by atoms with Crippen molar-refractivity contribution in [2.24, 2.45) is 0 Å². The first-order valence-electron chi connectivity index (χ1n) is 9.32. The zero-order chi connectivity index (χ0) is 20.3. The molecular formula is C21H26N4O3. The van der Waals surface area contributed by atoms with Crippen molar-refractivity contribution < 1.29 is 14.1 Å². The van der Waals surface area contributed by atoms with Crippen LogP contribution in [0.15, 0.2) is 35.0 Å². The molecule has 0 bridgehead atoms. The van der Waals surface area contributed by atoms with Crippen molar-refractivity contribution in [2.75, 3.05) is 7.05 Å².